The highest BCUT2D eigenvalue weighted by atomic mass is 31.2. The fourth-order valence-electron chi connectivity index (χ4n) is 11.8. The Kier molecular flexibility index (Phi) is 68.7. The second-order valence-corrected chi connectivity index (χ2v) is 30.9. The number of aliphatic hydroxyl groups excluding tert-OH is 1. The lowest BCUT2D eigenvalue weighted by Gasteiger charge is -2.21. The third-order valence-electron chi connectivity index (χ3n) is 18.4. The standard InChI is InChI=1S/C77H150O17P2/c1-6-10-13-16-19-22-25-28-31-34-36-39-45-50-55-60-74(79)87-66-72(93-77(82)63-58-53-48-41-38-35-32-29-26-23-20-17-14-11-7-2)68-91-95(83,84)89-64-71(78)65-90-96(85,86)92-69-73(67-88-75(80)61-56-51-46-43-42-44-49-54-59-70(5)9-4)94-76(81)62-57-52-47-40-37-33-30-27-24-21-18-15-12-8-3/h70-73,78H,6-69H2,1-5H3,(H,83,84)(H,85,86)/t70?,71-,72-,73-/m1/s1. The molecule has 0 aliphatic rings. The zero-order valence-electron chi connectivity index (χ0n) is 62.5. The van der Waals surface area contributed by atoms with Crippen molar-refractivity contribution in [3.63, 3.8) is 0 Å². The summed E-state index contributed by atoms with van der Waals surface area (Å²) in [6.45, 7) is 7.32. The molecule has 0 aromatic carbocycles. The number of ether oxygens (including phenoxy) is 4. The predicted molar refractivity (Wildman–Crippen MR) is 391 cm³/mol. The Bertz CT molecular complexity index is 1840. The number of phosphoric ester groups is 2. The maximum atomic E-state index is 13.1. The van der Waals surface area contributed by atoms with Crippen molar-refractivity contribution >= 4 is 39.5 Å². The van der Waals surface area contributed by atoms with Crippen molar-refractivity contribution in [3.05, 3.63) is 0 Å². The number of phosphoric acid groups is 2. The Morgan fingerprint density at radius 1 is 0.292 bits per heavy atom. The maximum Gasteiger partial charge on any atom is 0.472 e. The first kappa shape index (κ1) is 94.1. The summed E-state index contributed by atoms with van der Waals surface area (Å²) in [5.74, 6) is -1.33. The molecule has 0 saturated carbocycles. The fourth-order valence-corrected chi connectivity index (χ4v) is 13.4. The molecule has 96 heavy (non-hydrogen) atoms. The van der Waals surface area contributed by atoms with E-state index in [1.807, 2.05) is 0 Å². The molecule has 19 heteroatoms. The second-order valence-electron chi connectivity index (χ2n) is 28.0. The van der Waals surface area contributed by atoms with Gasteiger partial charge in [0.25, 0.3) is 0 Å². The number of carbonyl (C=O) groups is 4. The normalized spacial score (nSPS) is 14.2. The number of esters is 4. The number of carbonyl (C=O) groups excluding carboxylic acids is 4. The van der Waals surface area contributed by atoms with Crippen LogP contribution in [0.15, 0.2) is 0 Å². The van der Waals surface area contributed by atoms with Gasteiger partial charge in [-0.3, -0.25) is 37.3 Å². The topological polar surface area (TPSA) is 237 Å². The summed E-state index contributed by atoms with van der Waals surface area (Å²) in [6, 6.07) is 0. The summed E-state index contributed by atoms with van der Waals surface area (Å²) in [6.07, 6.45) is 59.4. The summed E-state index contributed by atoms with van der Waals surface area (Å²) in [7, 11) is -9.91. The summed E-state index contributed by atoms with van der Waals surface area (Å²) in [5.41, 5.74) is 0. The van der Waals surface area contributed by atoms with Crippen molar-refractivity contribution in [3.8, 4) is 0 Å². The van der Waals surface area contributed by atoms with Crippen LogP contribution in [0.2, 0.25) is 0 Å². The summed E-state index contributed by atoms with van der Waals surface area (Å²) in [5, 5.41) is 10.6. The Hall–Kier alpha value is -1.94. The first-order chi connectivity index (χ1) is 46.6. The number of unbranched alkanes of at least 4 members (excludes halogenated alkanes) is 48. The highest BCUT2D eigenvalue weighted by molar-refractivity contribution is 7.47. The lowest BCUT2D eigenvalue weighted by molar-refractivity contribution is -0.161. The highest BCUT2D eigenvalue weighted by Gasteiger charge is 2.30. The van der Waals surface area contributed by atoms with Gasteiger partial charge in [0, 0.05) is 25.7 Å². The Balaban J connectivity index is 5.27. The molecule has 570 valence electrons. The van der Waals surface area contributed by atoms with Crippen LogP contribution in [0, 0.1) is 5.92 Å². The summed E-state index contributed by atoms with van der Waals surface area (Å²) < 4.78 is 68.6. The van der Waals surface area contributed by atoms with Gasteiger partial charge in [-0.1, -0.05) is 356 Å². The minimum Gasteiger partial charge on any atom is -0.462 e. The molecular formula is C77H150O17P2. The van der Waals surface area contributed by atoms with Gasteiger partial charge in [0.15, 0.2) is 12.2 Å². The zero-order valence-corrected chi connectivity index (χ0v) is 64.3. The Morgan fingerprint density at radius 3 is 0.740 bits per heavy atom. The number of hydrogen-bond donors (Lipinski definition) is 3. The van der Waals surface area contributed by atoms with Crippen LogP contribution in [-0.2, 0) is 65.4 Å². The van der Waals surface area contributed by atoms with Gasteiger partial charge in [-0.2, -0.15) is 0 Å². The van der Waals surface area contributed by atoms with Gasteiger partial charge in [0.05, 0.1) is 26.4 Å². The van der Waals surface area contributed by atoms with E-state index in [0.717, 1.165) is 95.8 Å². The first-order valence-corrected chi connectivity index (χ1v) is 43.2. The van der Waals surface area contributed by atoms with Gasteiger partial charge < -0.3 is 33.8 Å². The number of rotatable bonds is 77. The van der Waals surface area contributed by atoms with E-state index in [2.05, 4.69) is 34.6 Å². The molecule has 0 amide bonds. The quantitative estimate of drug-likeness (QED) is 0.0222. The molecule has 3 N–H and O–H groups in total. The molecule has 0 rings (SSSR count). The molecule has 0 aliphatic carbocycles. The summed E-state index contributed by atoms with van der Waals surface area (Å²) >= 11 is 0. The van der Waals surface area contributed by atoms with Gasteiger partial charge >= 0.3 is 39.5 Å². The molecule has 0 fully saturated rings. The lowest BCUT2D eigenvalue weighted by atomic mass is 9.99. The van der Waals surface area contributed by atoms with Crippen molar-refractivity contribution in [2.45, 2.75) is 425 Å². The van der Waals surface area contributed by atoms with Crippen molar-refractivity contribution in [2.24, 2.45) is 5.92 Å². The average molecular weight is 1410 g/mol. The van der Waals surface area contributed by atoms with Gasteiger partial charge in [-0.25, -0.2) is 9.13 Å². The van der Waals surface area contributed by atoms with Crippen molar-refractivity contribution in [1.82, 2.24) is 0 Å². The molecule has 0 aromatic rings. The SMILES string of the molecule is CCCCCCCCCCCCCCCCCC(=O)OC[C@H](COP(=O)(O)OC[C@@H](O)COP(=O)(O)OC[C@@H](COC(=O)CCCCCCCCCCC(C)CC)OC(=O)CCCCCCCCCCCCCCCC)OC(=O)CCCCCCCCCCCCCCCCC. The van der Waals surface area contributed by atoms with E-state index in [1.54, 1.807) is 0 Å². The molecule has 17 nitrogen and oxygen atoms in total. The monoisotopic (exact) mass is 1410 g/mol. The molecular weight excluding hydrogens is 1260 g/mol. The molecule has 0 aliphatic heterocycles. The van der Waals surface area contributed by atoms with E-state index in [0.29, 0.717) is 25.7 Å². The highest BCUT2D eigenvalue weighted by Crippen LogP contribution is 2.45. The number of hydrogen-bond acceptors (Lipinski definition) is 15. The zero-order chi connectivity index (χ0) is 70.5. The van der Waals surface area contributed by atoms with Crippen LogP contribution in [0.3, 0.4) is 0 Å². The van der Waals surface area contributed by atoms with E-state index in [9.17, 15) is 43.2 Å². The molecule has 0 aromatic heterocycles. The van der Waals surface area contributed by atoms with E-state index < -0.39 is 97.5 Å². The van der Waals surface area contributed by atoms with Crippen LogP contribution >= 0.6 is 15.6 Å². The van der Waals surface area contributed by atoms with Crippen molar-refractivity contribution in [1.29, 1.82) is 0 Å². The molecule has 0 heterocycles. The minimum atomic E-state index is -4.96. The van der Waals surface area contributed by atoms with Crippen LogP contribution in [0.1, 0.15) is 407 Å². The van der Waals surface area contributed by atoms with Crippen LogP contribution in [0.5, 0.6) is 0 Å². The second kappa shape index (κ2) is 70.1. The molecule has 6 atom stereocenters. The van der Waals surface area contributed by atoms with Gasteiger partial charge in [-0.05, 0) is 31.6 Å². The van der Waals surface area contributed by atoms with E-state index in [-0.39, 0.29) is 25.7 Å². The van der Waals surface area contributed by atoms with Crippen LogP contribution in [0.25, 0.3) is 0 Å². The minimum absolute atomic E-state index is 0.108. The van der Waals surface area contributed by atoms with Gasteiger partial charge in [0.1, 0.15) is 19.3 Å². The van der Waals surface area contributed by atoms with E-state index >= 15 is 0 Å². The smallest absolute Gasteiger partial charge is 0.462 e. The fraction of sp³-hybridized carbons (Fsp3) is 0.948. The van der Waals surface area contributed by atoms with Crippen LogP contribution < -0.4 is 0 Å². The number of aliphatic hydroxyl groups is 1. The molecule has 0 bridgehead atoms. The molecule has 0 saturated heterocycles. The van der Waals surface area contributed by atoms with Crippen LogP contribution in [0.4, 0.5) is 0 Å². The van der Waals surface area contributed by atoms with Gasteiger partial charge in [0.2, 0.25) is 0 Å². The predicted octanol–water partition coefficient (Wildman–Crippen LogP) is 22.9. The lowest BCUT2D eigenvalue weighted by Crippen LogP contribution is -2.30. The molecule has 0 radical (unpaired) electrons. The van der Waals surface area contributed by atoms with Gasteiger partial charge in [-0.15, -0.1) is 0 Å². The van der Waals surface area contributed by atoms with Crippen molar-refractivity contribution < 1.29 is 80.2 Å². The summed E-state index contributed by atoms with van der Waals surface area (Å²) in [4.78, 5) is 72.9. The Labute approximate surface area is 588 Å². The third kappa shape index (κ3) is 69.2. The molecule has 0 spiro atoms. The largest absolute Gasteiger partial charge is 0.472 e. The molecule has 3 unspecified atom stereocenters. The first-order valence-electron chi connectivity index (χ1n) is 40.2. The van der Waals surface area contributed by atoms with E-state index in [4.69, 9.17) is 37.0 Å². The van der Waals surface area contributed by atoms with E-state index in [1.165, 1.54) is 231 Å². The Morgan fingerprint density at radius 2 is 0.500 bits per heavy atom. The average Bonchev–Trinajstić information content (AvgIpc) is 1.17. The van der Waals surface area contributed by atoms with Crippen molar-refractivity contribution in [2.75, 3.05) is 39.6 Å². The third-order valence-corrected chi connectivity index (χ3v) is 20.3. The maximum absolute atomic E-state index is 13.1. The van der Waals surface area contributed by atoms with Crippen LogP contribution in [-0.4, -0.2) is 96.7 Å².